The molecule has 0 amide bonds. The molecule has 0 radical (unpaired) electrons. The minimum absolute atomic E-state index is 0.242. The number of aromatic nitrogens is 2. The van der Waals surface area contributed by atoms with E-state index in [1.807, 2.05) is 0 Å². The number of carboxylic acid groups (broad SMARTS) is 1. The topological polar surface area (TPSA) is 72.3 Å². The van der Waals surface area contributed by atoms with Crippen molar-refractivity contribution in [2.24, 2.45) is 0 Å². The zero-order valence-electron chi connectivity index (χ0n) is 11.2. The first-order valence-corrected chi connectivity index (χ1v) is 7.35. The monoisotopic (exact) mass is 282 g/mol. The molecular formula is C13H18N2O3S. The van der Waals surface area contributed by atoms with E-state index in [0.717, 1.165) is 30.8 Å². The number of nitrogens with zero attached hydrogens (tertiary/aromatic N) is 2. The first-order chi connectivity index (χ1) is 9.13. The third-order valence-corrected chi connectivity index (χ3v) is 4.02. The fraction of sp³-hybridized carbons (Fsp3) is 0.615. The normalized spacial score (nSPS) is 14.6. The Morgan fingerprint density at radius 2 is 2.21 bits per heavy atom. The van der Waals surface area contributed by atoms with E-state index in [1.165, 1.54) is 11.8 Å². The van der Waals surface area contributed by atoms with Gasteiger partial charge in [-0.3, -0.25) is 0 Å². The fourth-order valence-electron chi connectivity index (χ4n) is 1.81. The van der Waals surface area contributed by atoms with Crippen LogP contribution in [0, 0.1) is 6.92 Å². The van der Waals surface area contributed by atoms with Gasteiger partial charge in [-0.05, 0) is 26.2 Å². The van der Waals surface area contributed by atoms with Gasteiger partial charge in [0.15, 0.2) is 0 Å². The van der Waals surface area contributed by atoms with Crippen molar-refractivity contribution in [1.82, 2.24) is 9.97 Å². The molecular weight excluding hydrogens is 264 g/mol. The zero-order valence-corrected chi connectivity index (χ0v) is 12.0. The van der Waals surface area contributed by atoms with Gasteiger partial charge in [-0.15, -0.1) is 11.8 Å². The highest BCUT2D eigenvalue weighted by Crippen LogP contribution is 2.39. The number of rotatable bonds is 7. The number of aryl methyl sites for hydroxylation is 1. The predicted octanol–water partition coefficient (Wildman–Crippen LogP) is 2.49. The van der Waals surface area contributed by atoms with Crippen LogP contribution in [0.1, 0.15) is 47.1 Å². The lowest BCUT2D eigenvalue weighted by molar-refractivity contribution is 0.0690. The van der Waals surface area contributed by atoms with Crippen molar-refractivity contribution in [3.8, 4) is 0 Å². The van der Waals surface area contributed by atoms with Crippen LogP contribution in [0.15, 0.2) is 5.03 Å². The Bertz CT molecular complexity index is 475. The maximum Gasteiger partial charge on any atom is 0.340 e. The van der Waals surface area contributed by atoms with Crippen LogP contribution in [-0.2, 0) is 4.74 Å². The molecule has 0 saturated heterocycles. The van der Waals surface area contributed by atoms with Crippen molar-refractivity contribution in [2.75, 3.05) is 19.5 Å². The highest BCUT2D eigenvalue weighted by molar-refractivity contribution is 7.99. The summed E-state index contributed by atoms with van der Waals surface area (Å²) >= 11 is 1.48. The Hall–Kier alpha value is -1.14. The molecule has 0 bridgehead atoms. The fourth-order valence-corrected chi connectivity index (χ4v) is 2.81. The van der Waals surface area contributed by atoms with Crippen molar-refractivity contribution in [3.05, 3.63) is 17.1 Å². The van der Waals surface area contributed by atoms with Crippen LogP contribution in [-0.4, -0.2) is 40.5 Å². The van der Waals surface area contributed by atoms with Gasteiger partial charge in [-0.25, -0.2) is 14.8 Å². The Morgan fingerprint density at radius 3 is 2.79 bits per heavy atom. The molecule has 19 heavy (non-hydrogen) atoms. The molecule has 1 fully saturated rings. The average Bonchev–Trinajstić information content (AvgIpc) is 3.17. The van der Waals surface area contributed by atoms with Gasteiger partial charge in [0.1, 0.15) is 16.4 Å². The van der Waals surface area contributed by atoms with E-state index in [1.54, 1.807) is 14.0 Å². The molecule has 1 N–H and O–H groups in total. The minimum Gasteiger partial charge on any atom is -0.478 e. The van der Waals surface area contributed by atoms with Gasteiger partial charge in [0.05, 0.1) is 5.69 Å². The molecule has 1 aliphatic carbocycles. The molecule has 0 spiro atoms. The van der Waals surface area contributed by atoms with Crippen LogP contribution in [0.25, 0.3) is 0 Å². The summed E-state index contributed by atoms with van der Waals surface area (Å²) < 4.78 is 4.99. The summed E-state index contributed by atoms with van der Waals surface area (Å²) in [7, 11) is 1.66. The number of hydrogen-bond donors (Lipinski definition) is 1. The number of thioether (sulfide) groups is 1. The lowest BCUT2D eigenvalue weighted by Gasteiger charge is -2.09. The van der Waals surface area contributed by atoms with Crippen LogP contribution in [0.3, 0.4) is 0 Å². The third-order valence-electron chi connectivity index (χ3n) is 2.96. The second kappa shape index (κ2) is 6.34. The molecule has 0 atom stereocenters. The van der Waals surface area contributed by atoms with Gasteiger partial charge in [0.25, 0.3) is 0 Å². The number of carbonyl (C=O) groups is 1. The van der Waals surface area contributed by atoms with E-state index in [4.69, 9.17) is 4.74 Å². The summed E-state index contributed by atoms with van der Waals surface area (Å²) in [5, 5.41) is 9.87. The SMILES string of the molecule is COCCCSc1nc(C2CC2)nc(C)c1C(=O)O. The lowest BCUT2D eigenvalue weighted by atomic mass is 10.2. The van der Waals surface area contributed by atoms with Crippen molar-refractivity contribution in [2.45, 2.75) is 37.1 Å². The van der Waals surface area contributed by atoms with Crippen molar-refractivity contribution in [3.63, 3.8) is 0 Å². The van der Waals surface area contributed by atoms with Gasteiger partial charge in [0.2, 0.25) is 0 Å². The Morgan fingerprint density at radius 1 is 1.47 bits per heavy atom. The maximum absolute atomic E-state index is 11.3. The van der Waals surface area contributed by atoms with Gasteiger partial charge < -0.3 is 9.84 Å². The predicted molar refractivity (Wildman–Crippen MR) is 72.9 cm³/mol. The van der Waals surface area contributed by atoms with Crippen LogP contribution < -0.4 is 0 Å². The molecule has 1 aliphatic rings. The Labute approximate surface area is 116 Å². The van der Waals surface area contributed by atoms with E-state index >= 15 is 0 Å². The maximum atomic E-state index is 11.3. The molecule has 1 saturated carbocycles. The Balaban J connectivity index is 2.18. The summed E-state index contributed by atoms with van der Waals surface area (Å²) in [5.41, 5.74) is 0.811. The lowest BCUT2D eigenvalue weighted by Crippen LogP contribution is -2.09. The zero-order chi connectivity index (χ0) is 13.8. The molecule has 0 aliphatic heterocycles. The standard InChI is InChI=1S/C13H18N2O3S/c1-8-10(13(16)17)12(19-7-3-6-18-2)15-11(14-8)9-4-5-9/h9H,3-7H2,1-2H3,(H,16,17). The summed E-state index contributed by atoms with van der Waals surface area (Å²) in [6.45, 7) is 2.42. The molecule has 1 heterocycles. The quantitative estimate of drug-likeness (QED) is 0.470. The summed E-state index contributed by atoms with van der Waals surface area (Å²) in [6, 6.07) is 0. The van der Waals surface area contributed by atoms with Gasteiger partial charge in [0, 0.05) is 25.4 Å². The van der Waals surface area contributed by atoms with Gasteiger partial charge in [-0.1, -0.05) is 0 Å². The number of methoxy groups -OCH3 is 1. The van der Waals surface area contributed by atoms with Gasteiger partial charge in [-0.2, -0.15) is 0 Å². The number of ether oxygens (including phenoxy) is 1. The van der Waals surface area contributed by atoms with Crippen LogP contribution >= 0.6 is 11.8 Å². The molecule has 104 valence electrons. The van der Waals surface area contributed by atoms with Crippen LogP contribution in [0.2, 0.25) is 0 Å². The number of aromatic carboxylic acids is 1. The molecule has 1 aromatic heterocycles. The number of carboxylic acids is 1. The number of hydrogen-bond acceptors (Lipinski definition) is 5. The summed E-state index contributed by atoms with van der Waals surface area (Å²) in [4.78, 5) is 20.1. The van der Waals surface area contributed by atoms with Crippen molar-refractivity contribution in [1.29, 1.82) is 0 Å². The Kier molecular flexibility index (Phi) is 4.76. The van der Waals surface area contributed by atoms with E-state index in [0.29, 0.717) is 23.2 Å². The van der Waals surface area contributed by atoms with Crippen LogP contribution in [0.5, 0.6) is 0 Å². The highest BCUT2D eigenvalue weighted by Gasteiger charge is 2.29. The first-order valence-electron chi connectivity index (χ1n) is 6.37. The van der Waals surface area contributed by atoms with Crippen molar-refractivity contribution < 1.29 is 14.6 Å². The van der Waals surface area contributed by atoms with E-state index in [9.17, 15) is 9.90 Å². The van der Waals surface area contributed by atoms with E-state index < -0.39 is 5.97 Å². The van der Waals surface area contributed by atoms with E-state index in [2.05, 4.69) is 9.97 Å². The smallest absolute Gasteiger partial charge is 0.340 e. The van der Waals surface area contributed by atoms with Crippen LogP contribution in [0.4, 0.5) is 0 Å². The van der Waals surface area contributed by atoms with Crippen molar-refractivity contribution >= 4 is 17.7 Å². The second-order valence-corrected chi connectivity index (χ2v) is 5.71. The summed E-state index contributed by atoms with van der Waals surface area (Å²) in [5.74, 6) is 1.08. The minimum atomic E-state index is -0.950. The first kappa shape index (κ1) is 14.3. The molecule has 0 aromatic carbocycles. The van der Waals surface area contributed by atoms with Gasteiger partial charge >= 0.3 is 5.97 Å². The summed E-state index contributed by atoms with van der Waals surface area (Å²) in [6.07, 6.45) is 3.10. The average molecular weight is 282 g/mol. The molecule has 5 nitrogen and oxygen atoms in total. The van der Waals surface area contributed by atoms with E-state index in [-0.39, 0.29) is 5.56 Å². The largest absolute Gasteiger partial charge is 0.478 e. The molecule has 1 aromatic rings. The molecule has 0 unspecified atom stereocenters. The molecule has 2 rings (SSSR count). The third kappa shape index (κ3) is 3.67. The second-order valence-electron chi connectivity index (χ2n) is 4.62. The highest BCUT2D eigenvalue weighted by atomic mass is 32.2. The molecule has 6 heteroatoms.